The first-order chi connectivity index (χ1) is 8.05. The lowest BCUT2D eigenvalue weighted by molar-refractivity contribution is 0.282. The van der Waals surface area contributed by atoms with E-state index in [0.717, 1.165) is 0 Å². The molecule has 0 unspecified atom stereocenters. The highest BCUT2D eigenvalue weighted by molar-refractivity contribution is 7.90. The van der Waals surface area contributed by atoms with Crippen molar-refractivity contribution in [3.05, 3.63) is 29.8 Å². The standard InChI is InChI=1S/C11H18N2O3S/c1-3-13(4-2)17(15,16)12-11-8-6-5-7-10(11)9-14/h5-8,12,14H,3-4,9H2,1-2H3. The highest BCUT2D eigenvalue weighted by atomic mass is 32.2. The van der Waals surface area contributed by atoms with E-state index in [1.54, 1.807) is 38.1 Å². The van der Waals surface area contributed by atoms with Crippen molar-refractivity contribution in [2.24, 2.45) is 0 Å². The van der Waals surface area contributed by atoms with Crippen LogP contribution in [0.1, 0.15) is 19.4 Å². The average Bonchev–Trinajstić information content (AvgIpc) is 2.30. The summed E-state index contributed by atoms with van der Waals surface area (Å²) < 4.78 is 27.7. The molecule has 0 atom stereocenters. The van der Waals surface area contributed by atoms with Crippen molar-refractivity contribution in [3.63, 3.8) is 0 Å². The number of para-hydroxylation sites is 1. The normalized spacial score (nSPS) is 11.8. The minimum atomic E-state index is -3.54. The molecule has 0 spiro atoms. The molecule has 1 aromatic carbocycles. The Morgan fingerprint density at radius 1 is 1.24 bits per heavy atom. The number of rotatable bonds is 6. The van der Waals surface area contributed by atoms with E-state index in [0.29, 0.717) is 24.3 Å². The zero-order chi connectivity index (χ0) is 12.9. The largest absolute Gasteiger partial charge is 0.392 e. The fourth-order valence-corrected chi connectivity index (χ4v) is 2.81. The Kier molecular flexibility index (Phi) is 4.92. The molecule has 2 N–H and O–H groups in total. The van der Waals surface area contributed by atoms with Gasteiger partial charge in [-0.05, 0) is 6.07 Å². The van der Waals surface area contributed by atoms with Gasteiger partial charge in [-0.15, -0.1) is 0 Å². The van der Waals surface area contributed by atoms with Crippen LogP contribution in [0, 0.1) is 0 Å². The molecule has 17 heavy (non-hydrogen) atoms. The molecule has 0 saturated carbocycles. The van der Waals surface area contributed by atoms with E-state index >= 15 is 0 Å². The summed E-state index contributed by atoms with van der Waals surface area (Å²) in [4.78, 5) is 0. The van der Waals surface area contributed by atoms with Gasteiger partial charge in [-0.25, -0.2) is 0 Å². The van der Waals surface area contributed by atoms with Gasteiger partial charge >= 0.3 is 10.2 Å². The first-order valence-electron chi connectivity index (χ1n) is 5.51. The Bertz CT molecular complexity index is 456. The van der Waals surface area contributed by atoms with Gasteiger partial charge in [0.05, 0.1) is 12.3 Å². The van der Waals surface area contributed by atoms with E-state index in [1.165, 1.54) is 4.31 Å². The molecule has 6 heteroatoms. The molecule has 0 aromatic heterocycles. The average molecular weight is 258 g/mol. The predicted octanol–water partition coefficient (Wildman–Crippen LogP) is 1.18. The summed E-state index contributed by atoms with van der Waals surface area (Å²) in [5, 5.41) is 9.12. The lowest BCUT2D eigenvalue weighted by Crippen LogP contribution is -2.35. The topological polar surface area (TPSA) is 69.6 Å². The fraction of sp³-hybridized carbons (Fsp3) is 0.455. The van der Waals surface area contributed by atoms with Crippen molar-refractivity contribution in [2.45, 2.75) is 20.5 Å². The third-order valence-electron chi connectivity index (χ3n) is 2.47. The molecule has 0 amide bonds. The van der Waals surface area contributed by atoms with Crippen LogP contribution in [0.15, 0.2) is 24.3 Å². The number of hydrogen-bond donors (Lipinski definition) is 2. The zero-order valence-electron chi connectivity index (χ0n) is 10.0. The molecule has 0 radical (unpaired) electrons. The van der Waals surface area contributed by atoms with Gasteiger partial charge < -0.3 is 5.11 Å². The van der Waals surface area contributed by atoms with E-state index in [4.69, 9.17) is 5.11 Å². The van der Waals surface area contributed by atoms with Crippen LogP contribution in [0.3, 0.4) is 0 Å². The molecular formula is C11H18N2O3S. The van der Waals surface area contributed by atoms with Gasteiger partial charge in [-0.2, -0.15) is 12.7 Å². The number of aliphatic hydroxyl groups excluding tert-OH is 1. The fourth-order valence-electron chi connectivity index (χ4n) is 1.52. The third-order valence-corrected chi connectivity index (χ3v) is 4.15. The van der Waals surface area contributed by atoms with E-state index in [-0.39, 0.29) is 6.61 Å². The summed E-state index contributed by atoms with van der Waals surface area (Å²) in [7, 11) is -3.54. The highest BCUT2D eigenvalue weighted by Gasteiger charge is 2.19. The van der Waals surface area contributed by atoms with Crippen LogP contribution in [0.4, 0.5) is 5.69 Å². The molecule has 96 valence electrons. The lowest BCUT2D eigenvalue weighted by atomic mass is 10.2. The van der Waals surface area contributed by atoms with Crippen LogP contribution in [0.5, 0.6) is 0 Å². The molecule has 0 aliphatic rings. The van der Waals surface area contributed by atoms with Crippen LogP contribution in [-0.4, -0.2) is 30.9 Å². The van der Waals surface area contributed by atoms with Gasteiger partial charge in [0.2, 0.25) is 0 Å². The monoisotopic (exact) mass is 258 g/mol. The molecule has 1 aromatic rings. The number of benzene rings is 1. The van der Waals surface area contributed by atoms with Gasteiger partial charge in [0.15, 0.2) is 0 Å². The molecule has 1 rings (SSSR count). The van der Waals surface area contributed by atoms with Crippen molar-refractivity contribution in [2.75, 3.05) is 17.8 Å². The van der Waals surface area contributed by atoms with Gasteiger partial charge in [0.25, 0.3) is 0 Å². The molecule has 0 heterocycles. The highest BCUT2D eigenvalue weighted by Crippen LogP contribution is 2.17. The number of anilines is 1. The summed E-state index contributed by atoms with van der Waals surface area (Å²) in [6.45, 7) is 4.18. The van der Waals surface area contributed by atoms with Crippen LogP contribution >= 0.6 is 0 Å². The second kappa shape index (κ2) is 6.00. The van der Waals surface area contributed by atoms with Gasteiger partial charge in [-0.3, -0.25) is 4.72 Å². The molecule has 0 bridgehead atoms. The van der Waals surface area contributed by atoms with Crippen molar-refractivity contribution in [1.82, 2.24) is 4.31 Å². The summed E-state index contributed by atoms with van der Waals surface area (Å²) in [6, 6.07) is 6.78. The maximum absolute atomic E-state index is 12.0. The summed E-state index contributed by atoms with van der Waals surface area (Å²) in [6.07, 6.45) is 0. The van der Waals surface area contributed by atoms with Crippen LogP contribution in [0.25, 0.3) is 0 Å². The number of aliphatic hydroxyl groups is 1. The molecule has 5 nitrogen and oxygen atoms in total. The smallest absolute Gasteiger partial charge is 0.301 e. The summed E-state index contributed by atoms with van der Waals surface area (Å²) >= 11 is 0. The second-order valence-electron chi connectivity index (χ2n) is 3.51. The van der Waals surface area contributed by atoms with E-state index in [2.05, 4.69) is 4.72 Å². The van der Waals surface area contributed by atoms with Gasteiger partial charge in [0, 0.05) is 18.7 Å². The van der Waals surface area contributed by atoms with E-state index in [1.807, 2.05) is 0 Å². The SMILES string of the molecule is CCN(CC)S(=O)(=O)Nc1ccccc1CO. The number of hydrogen-bond acceptors (Lipinski definition) is 3. The van der Waals surface area contributed by atoms with Crippen molar-refractivity contribution < 1.29 is 13.5 Å². The Labute approximate surface area is 102 Å². The van der Waals surface area contributed by atoms with Gasteiger partial charge in [0.1, 0.15) is 0 Å². The Morgan fingerprint density at radius 2 is 1.82 bits per heavy atom. The van der Waals surface area contributed by atoms with Crippen molar-refractivity contribution >= 4 is 15.9 Å². The lowest BCUT2D eigenvalue weighted by Gasteiger charge is -2.20. The van der Waals surface area contributed by atoms with Crippen LogP contribution in [-0.2, 0) is 16.8 Å². The molecule has 0 fully saturated rings. The Morgan fingerprint density at radius 3 is 2.35 bits per heavy atom. The van der Waals surface area contributed by atoms with Gasteiger partial charge in [-0.1, -0.05) is 32.0 Å². The minimum absolute atomic E-state index is 0.197. The first-order valence-corrected chi connectivity index (χ1v) is 6.95. The van der Waals surface area contributed by atoms with Crippen molar-refractivity contribution in [3.8, 4) is 0 Å². The number of nitrogens with one attached hydrogen (secondary N) is 1. The Hall–Kier alpha value is -1.11. The Balaban J connectivity index is 2.97. The molecule has 0 saturated heterocycles. The summed E-state index contributed by atoms with van der Waals surface area (Å²) in [5.74, 6) is 0. The van der Waals surface area contributed by atoms with E-state index in [9.17, 15) is 8.42 Å². The minimum Gasteiger partial charge on any atom is -0.392 e. The quantitative estimate of drug-likeness (QED) is 0.805. The second-order valence-corrected chi connectivity index (χ2v) is 5.18. The third kappa shape index (κ3) is 3.42. The molecular weight excluding hydrogens is 240 g/mol. The zero-order valence-corrected chi connectivity index (χ0v) is 10.9. The number of nitrogens with zero attached hydrogens (tertiary/aromatic N) is 1. The maximum Gasteiger partial charge on any atom is 0.301 e. The molecule has 0 aliphatic heterocycles. The van der Waals surface area contributed by atoms with E-state index < -0.39 is 10.2 Å². The summed E-state index contributed by atoms with van der Waals surface area (Å²) in [5.41, 5.74) is 0.977. The predicted molar refractivity (Wildman–Crippen MR) is 67.8 cm³/mol. The van der Waals surface area contributed by atoms with Crippen LogP contribution < -0.4 is 4.72 Å². The molecule has 0 aliphatic carbocycles. The van der Waals surface area contributed by atoms with Crippen LogP contribution in [0.2, 0.25) is 0 Å². The van der Waals surface area contributed by atoms with Crippen molar-refractivity contribution in [1.29, 1.82) is 0 Å². The first kappa shape index (κ1) is 14.0. The maximum atomic E-state index is 12.0.